The third kappa shape index (κ3) is 5.61. The number of rotatable bonds is 5. The molecule has 3 rings (SSSR count). The molecule has 0 aliphatic carbocycles. The van der Waals surface area contributed by atoms with Gasteiger partial charge in [0.1, 0.15) is 10.0 Å². The number of hydrogen-bond donors (Lipinski definition) is 2. The average Bonchev–Trinajstić information content (AvgIpc) is 3.01. The lowest BCUT2D eigenvalue weighted by Crippen LogP contribution is -2.33. The van der Waals surface area contributed by atoms with Crippen LogP contribution in [-0.2, 0) is 17.6 Å². The number of hydrogen-bond acceptors (Lipinski definition) is 6. The predicted molar refractivity (Wildman–Crippen MR) is 93.9 cm³/mol. The first kappa shape index (κ1) is 20.5. The number of nitrogens with zero attached hydrogens (tertiary/aromatic N) is 2. The van der Waals surface area contributed by atoms with Crippen LogP contribution >= 0.6 is 22.9 Å². The summed E-state index contributed by atoms with van der Waals surface area (Å²) in [5.41, 5.74) is 1.47. The maximum Gasteiger partial charge on any atom is 0.395 e. The van der Waals surface area contributed by atoms with E-state index in [1.807, 2.05) is 0 Å². The van der Waals surface area contributed by atoms with Gasteiger partial charge in [0.05, 0.1) is 31.3 Å². The molecule has 1 aromatic heterocycles. The fourth-order valence-corrected chi connectivity index (χ4v) is 4.10. The molecule has 1 aliphatic rings. The van der Waals surface area contributed by atoms with Gasteiger partial charge in [-0.25, -0.2) is 0 Å². The second kappa shape index (κ2) is 8.40. The summed E-state index contributed by atoms with van der Waals surface area (Å²) < 4.78 is 43.2. The molecule has 2 heterocycles. The van der Waals surface area contributed by atoms with Gasteiger partial charge in [-0.3, -0.25) is 0 Å². The molecule has 5 nitrogen and oxygen atoms in total. The summed E-state index contributed by atoms with van der Waals surface area (Å²) in [7, 11) is 0. The van der Waals surface area contributed by atoms with Crippen molar-refractivity contribution in [1.82, 2.24) is 10.2 Å². The molecular formula is C17H18ClF3N2O3S. The fourth-order valence-electron chi connectivity index (χ4n) is 3.02. The van der Waals surface area contributed by atoms with Gasteiger partial charge in [-0.2, -0.15) is 13.2 Å². The maximum absolute atomic E-state index is 12.5. The maximum atomic E-state index is 12.5. The van der Waals surface area contributed by atoms with E-state index in [1.165, 1.54) is 0 Å². The molecule has 0 spiro atoms. The van der Waals surface area contributed by atoms with E-state index < -0.39 is 30.9 Å². The van der Waals surface area contributed by atoms with Gasteiger partial charge in [0, 0.05) is 24.3 Å². The van der Waals surface area contributed by atoms with Crippen molar-refractivity contribution < 1.29 is 28.1 Å². The van der Waals surface area contributed by atoms with Crippen LogP contribution in [0.5, 0.6) is 0 Å². The lowest BCUT2D eigenvalue weighted by atomic mass is 9.95. The normalized spacial score (nSPS) is 23.6. The van der Waals surface area contributed by atoms with E-state index >= 15 is 0 Å². The van der Waals surface area contributed by atoms with Crippen LogP contribution in [0.1, 0.15) is 40.1 Å². The minimum atomic E-state index is -4.32. The molecule has 1 saturated heterocycles. The zero-order valence-corrected chi connectivity index (χ0v) is 15.7. The van der Waals surface area contributed by atoms with Gasteiger partial charge in [0.2, 0.25) is 0 Å². The molecule has 2 N–H and O–H groups in total. The molecule has 1 aromatic carbocycles. The monoisotopic (exact) mass is 422 g/mol. The second-order valence-electron chi connectivity index (χ2n) is 6.46. The summed E-state index contributed by atoms with van der Waals surface area (Å²) >= 11 is 7.13. The van der Waals surface area contributed by atoms with Gasteiger partial charge in [-0.15, -0.1) is 21.5 Å². The highest BCUT2D eigenvalue weighted by atomic mass is 35.5. The first-order valence-corrected chi connectivity index (χ1v) is 9.53. The Balaban J connectivity index is 1.76. The Morgan fingerprint density at radius 2 is 1.96 bits per heavy atom. The van der Waals surface area contributed by atoms with Gasteiger partial charge >= 0.3 is 6.18 Å². The summed E-state index contributed by atoms with van der Waals surface area (Å²) in [4.78, 5) is 0. The molecule has 3 atom stereocenters. The van der Waals surface area contributed by atoms with E-state index in [0.29, 0.717) is 28.4 Å². The van der Waals surface area contributed by atoms with Crippen LogP contribution in [0.2, 0.25) is 5.02 Å². The first-order chi connectivity index (χ1) is 12.7. The molecule has 0 bridgehead atoms. The van der Waals surface area contributed by atoms with E-state index in [2.05, 4.69) is 10.2 Å². The summed E-state index contributed by atoms with van der Waals surface area (Å²) in [6.07, 6.45) is -5.81. The SMILES string of the molecule is OCC1CC(O)CC(c2ccc(Cl)c(Cc3nnc(CC(F)(F)F)s3)c2)O1. The quantitative estimate of drug-likeness (QED) is 0.771. The molecule has 10 heteroatoms. The van der Waals surface area contributed by atoms with E-state index in [9.17, 15) is 23.4 Å². The van der Waals surface area contributed by atoms with E-state index in [1.54, 1.807) is 18.2 Å². The third-order valence-electron chi connectivity index (χ3n) is 4.23. The molecule has 2 aromatic rings. The van der Waals surface area contributed by atoms with Crippen molar-refractivity contribution in [3.63, 3.8) is 0 Å². The number of aliphatic hydroxyl groups is 2. The van der Waals surface area contributed by atoms with Crippen LogP contribution < -0.4 is 0 Å². The minimum absolute atomic E-state index is 0.0886. The third-order valence-corrected chi connectivity index (χ3v) is 5.52. The highest BCUT2D eigenvalue weighted by molar-refractivity contribution is 7.11. The summed E-state index contributed by atoms with van der Waals surface area (Å²) in [6.45, 7) is -0.180. The highest BCUT2D eigenvalue weighted by Crippen LogP contribution is 2.34. The number of ether oxygens (including phenoxy) is 1. The molecule has 1 fully saturated rings. The summed E-state index contributed by atoms with van der Waals surface area (Å²) in [5, 5.41) is 27.5. The molecule has 1 aliphatic heterocycles. The topological polar surface area (TPSA) is 75.5 Å². The van der Waals surface area contributed by atoms with Crippen LogP contribution in [0.25, 0.3) is 0 Å². The van der Waals surface area contributed by atoms with Crippen molar-refractivity contribution >= 4 is 22.9 Å². The Bertz CT molecular complexity index is 787. The first-order valence-electron chi connectivity index (χ1n) is 8.34. The van der Waals surface area contributed by atoms with Gasteiger partial charge in [-0.05, 0) is 17.2 Å². The Hall–Kier alpha value is -1.26. The number of aromatic nitrogens is 2. The molecule has 0 saturated carbocycles. The molecule has 3 unspecified atom stereocenters. The Labute approximate surface area is 162 Å². The zero-order valence-electron chi connectivity index (χ0n) is 14.1. The van der Waals surface area contributed by atoms with Crippen LogP contribution in [-0.4, -0.2) is 45.4 Å². The van der Waals surface area contributed by atoms with Crippen LogP contribution in [0.4, 0.5) is 13.2 Å². The van der Waals surface area contributed by atoms with Gasteiger partial charge in [0.25, 0.3) is 0 Å². The van der Waals surface area contributed by atoms with Gasteiger partial charge < -0.3 is 14.9 Å². The number of alkyl halides is 3. The van der Waals surface area contributed by atoms with Crippen molar-refractivity contribution in [3.8, 4) is 0 Å². The van der Waals surface area contributed by atoms with Gasteiger partial charge in [-0.1, -0.05) is 23.7 Å². The van der Waals surface area contributed by atoms with Crippen LogP contribution in [0.15, 0.2) is 18.2 Å². The standard InChI is InChI=1S/C17H18ClF3N2O3S/c18-13-2-1-9(14-6-11(25)5-12(8-24)26-14)3-10(13)4-15-22-23-16(27-15)7-17(19,20)21/h1-3,11-12,14,24-25H,4-8H2. The lowest BCUT2D eigenvalue weighted by molar-refractivity contribution is -0.127. The summed E-state index contributed by atoms with van der Waals surface area (Å²) in [6, 6.07) is 5.25. The summed E-state index contributed by atoms with van der Waals surface area (Å²) in [5.74, 6) is 0. The predicted octanol–water partition coefficient (Wildman–Crippen LogP) is 3.46. The van der Waals surface area contributed by atoms with Crippen molar-refractivity contribution in [2.45, 2.75) is 50.2 Å². The molecule has 0 radical (unpaired) electrons. The van der Waals surface area contributed by atoms with Crippen molar-refractivity contribution in [3.05, 3.63) is 44.4 Å². The van der Waals surface area contributed by atoms with Crippen molar-refractivity contribution in [2.75, 3.05) is 6.61 Å². The Kier molecular flexibility index (Phi) is 6.37. The molecule has 27 heavy (non-hydrogen) atoms. The van der Waals surface area contributed by atoms with Gasteiger partial charge in [0.15, 0.2) is 0 Å². The number of halogens is 4. The van der Waals surface area contributed by atoms with Crippen molar-refractivity contribution in [2.24, 2.45) is 0 Å². The van der Waals surface area contributed by atoms with E-state index in [0.717, 1.165) is 16.9 Å². The van der Waals surface area contributed by atoms with Crippen LogP contribution in [0, 0.1) is 0 Å². The fraction of sp³-hybridized carbons (Fsp3) is 0.529. The number of benzene rings is 1. The smallest absolute Gasteiger partial charge is 0.394 e. The Morgan fingerprint density at radius 1 is 1.22 bits per heavy atom. The van der Waals surface area contributed by atoms with E-state index in [4.69, 9.17) is 16.3 Å². The highest BCUT2D eigenvalue weighted by Gasteiger charge is 2.31. The Morgan fingerprint density at radius 3 is 2.67 bits per heavy atom. The lowest BCUT2D eigenvalue weighted by Gasteiger charge is -2.32. The molecule has 148 valence electrons. The van der Waals surface area contributed by atoms with Crippen LogP contribution in [0.3, 0.4) is 0 Å². The minimum Gasteiger partial charge on any atom is -0.394 e. The van der Waals surface area contributed by atoms with Crippen molar-refractivity contribution in [1.29, 1.82) is 0 Å². The average molecular weight is 423 g/mol. The van der Waals surface area contributed by atoms with E-state index in [-0.39, 0.29) is 18.0 Å². The number of aliphatic hydroxyl groups excluding tert-OH is 2. The second-order valence-corrected chi connectivity index (χ2v) is 8.02. The molecule has 0 amide bonds. The zero-order chi connectivity index (χ0) is 19.6. The largest absolute Gasteiger partial charge is 0.395 e. The molecular weight excluding hydrogens is 405 g/mol.